The average Bonchev–Trinajstić information content (AvgIpc) is 2.72. The number of nitro benzene ring substituents is 1. The third-order valence-corrected chi connectivity index (χ3v) is 4.18. The number of nitro groups is 1. The molecule has 0 aliphatic rings. The largest absolute Gasteiger partial charge is 0.493 e. The minimum absolute atomic E-state index is 0.0655. The number of nitrogens with zero attached hydrogens (tertiary/aromatic N) is 1. The zero-order valence-corrected chi connectivity index (χ0v) is 15.8. The van der Waals surface area contributed by atoms with Crippen LogP contribution in [0.15, 0.2) is 36.4 Å². The molecular formula is C19H20N2O7. The first-order valence-corrected chi connectivity index (χ1v) is 8.21. The average molecular weight is 388 g/mol. The standard InChI is InChI=1S/C19H20N2O7/c1-11(12-5-7-13(8-6-12)21(24)25)18(22)20-15-10-17(27-3)16(26-2)9-14(15)19(23)28-4/h5-11H,1-4H3,(H,20,22)/t11-/m1/s1. The third kappa shape index (κ3) is 4.37. The van der Waals surface area contributed by atoms with Gasteiger partial charge in [0, 0.05) is 24.3 Å². The van der Waals surface area contributed by atoms with Gasteiger partial charge in [0.05, 0.1) is 43.4 Å². The van der Waals surface area contributed by atoms with Crippen LogP contribution < -0.4 is 14.8 Å². The van der Waals surface area contributed by atoms with Gasteiger partial charge in [-0.25, -0.2) is 4.79 Å². The number of hydrogen-bond donors (Lipinski definition) is 1. The summed E-state index contributed by atoms with van der Waals surface area (Å²) in [7, 11) is 4.08. The molecule has 28 heavy (non-hydrogen) atoms. The van der Waals surface area contributed by atoms with E-state index in [0.717, 1.165) is 0 Å². The lowest BCUT2D eigenvalue weighted by Gasteiger charge is -2.17. The van der Waals surface area contributed by atoms with E-state index in [4.69, 9.17) is 14.2 Å². The van der Waals surface area contributed by atoms with Crippen molar-refractivity contribution in [2.24, 2.45) is 0 Å². The molecule has 0 heterocycles. The van der Waals surface area contributed by atoms with Gasteiger partial charge in [0.15, 0.2) is 11.5 Å². The van der Waals surface area contributed by atoms with Crippen LogP contribution in [-0.4, -0.2) is 38.1 Å². The fraction of sp³-hybridized carbons (Fsp3) is 0.263. The van der Waals surface area contributed by atoms with Gasteiger partial charge in [-0.1, -0.05) is 12.1 Å². The van der Waals surface area contributed by atoms with Crippen LogP contribution in [0, 0.1) is 10.1 Å². The van der Waals surface area contributed by atoms with Crippen molar-refractivity contribution in [3.05, 3.63) is 57.6 Å². The zero-order chi connectivity index (χ0) is 20.8. The molecule has 0 unspecified atom stereocenters. The lowest BCUT2D eigenvalue weighted by molar-refractivity contribution is -0.384. The number of ether oxygens (including phenoxy) is 3. The van der Waals surface area contributed by atoms with Crippen molar-refractivity contribution in [2.75, 3.05) is 26.6 Å². The molecule has 2 aromatic carbocycles. The van der Waals surface area contributed by atoms with Crippen molar-refractivity contribution in [1.82, 2.24) is 0 Å². The first-order chi connectivity index (χ1) is 13.3. The highest BCUT2D eigenvalue weighted by Gasteiger charge is 2.22. The van der Waals surface area contributed by atoms with E-state index < -0.39 is 22.7 Å². The second-order valence-electron chi connectivity index (χ2n) is 5.80. The molecule has 0 aliphatic heterocycles. The Labute approximate surface area is 161 Å². The highest BCUT2D eigenvalue weighted by Crippen LogP contribution is 2.34. The van der Waals surface area contributed by atoms with Gasteiger partial charge in [-0.15, -0.1) is 0 Å². The number of esters is 1. The van der Waals surface area contributed by atoms with Crippen LogP contribution in [0.25, 0.3) is 0 Å². The van der Waals surface area contributed by atoms with Crippen molar-refractivity contribution in [3.63, 3.8) is 0 Å². The molecule has 1 N–H and O–H groups in total. The first kappa shape index (κ1) is 20.7. The summed E-state index contributed by atoms with van der Waals surface area (Å²) in [5.74, 6) is -1.05. The predicted octanol–water partition coefficient (Wildman–Crippen LogP) is 3.14. The van der Waals surface area contributed by atoms with E-state index in [1.54, 1.807) is 6.92 Å². The molecule has 0 radical (unpaired) electrons. The van der Waals surface area contributed by atoms with Crippen LogP contribution in [0.1, 0.15) is 28.8 Å². The summed E-state index contributed by atoms with van der Waals surface area (Å²) in [6.07, 6.45) is 0. The topological polar surface area (TPSA) is 117 Å². The van der Waals surface area contributed by atoms with Gasteiger partial charge >= 0.3 is 5.97 Å². The van der Waals surface area contributed by atoms with E-state index in [1.807, 2.05) is 0 Å². The van der Waals surface area contributed by atoms with Gasteiger partial charge < -0.3 is 19.5 Å². The predicted molar refractivity (Wildman–Crippen MR) is 101 cm³/mol. The number of non-ortho nitro benzene ring substituents is 1. The van der Waals surface area contributed by atoms with E-state index in [1.165, 1.54) is 57.7 Å². The number of rotatable bonds is 7. The molecule has 0 bridgehead atoms. The fourth-order valence-electron chi connectivity index (χ4n) is 2.54. The Bertz CT molecular complexity index is 894. The Balaban J connectivity index is 2.33. The maximum Gasteiger partial charge on any atom is 0.340 e. The third-order valence-electron chi connectivity index (χ3n) is 4.18. The van der Waals surface area contributed by atoms with Crippen LogP contribution in [0.4, 0.5) is 11.4 Å². The molecule has 1 atom stereocenters. The molecule has 2 aromatic rings. The zero-order valence-electron chi connectivity index (χ0n) is 15.8. The van der Waals surface area contributed by atoms with Gasteiger partial charge in [-0.05, 0) is 12.5 Å². The van der Waals surface area contributed by atoms with Crippen molar-refractivity contribution in [1.29, 1.82) is 0 Å². The Kier molecular flexibility index (Phi) is 6.54. The van der Waals surface area contributed by atoms with Crippen molar-refractivity contribution < 1.29 is 28.7 Å². The number of anilines is 1. The molecule has 0 saturated carbocycles. The van der Waals surface area contributed by atoms with E-state index in [0.29, 0.717) is 17.1 Å². The van der Waals surface area contributed by atoms with Gasteiger partial charge in [-0.2, -0.15) is 0 Å². The summed E-state index contributed by atoms with van der Waals surface area (Å²) in [4.78, 5) is 35.0. The molecule has 0 fully saturated rings. The minimum atomic E-state index is -0.653. The van der Waals surface area contributed by atoms with Crippen molar-refractivity contribution >= 4 is 23.3 Å². The molecule has 9 heteroatoms. The molecule has 2 rings (SSSR count). The number of amides is 1. The molecule has 0 aliphatic carbocycles. The maximum absolute atomic E-state index is 12.7. The summed E-state index contributed by atoms with van der Waals surface area (Å²) in [6, 6.07) is 8.56. The van der Waals surface area contributed by atoms with E-state index in [2.05, 4.69) is 5.32 Å². The summed E-state index contributed by atoms with van der Waals surface area (Å²) < 4.78 is 15.2. The van der Waals surface area contributed by atoms with Gasteiger partial charge in [0.25, 0.3) is 5.69 Å². The monoisotopic (exact) mass is 388 g/mol. The van der Waals surface area contributed by atoms with Crippen LogP contribution in [0.5, 0.6) is 11.5 Å². The Morgan fingerprint density at radius 3 is 2.11 bits per heavy atom. The van der Waals surface area contributed by atoms with E-state index in [9.17, 15) is 19.7 Å². The molecule has 0 aromatic heterocycles. The minimum Gasteiger partial charge on any atom is -0.493 e. The number of benzene rings is 2. The second kappa shape index (κ2) is 8.85. The summed E-state index contributed by atoms with van der Waals surface area (Å²) in [5, 5.41) is 13.4. The number of nitrogens with one attached hydrogen (secondary N) is 1. The normalized spacial score (nSPS) is 11.3. The van der Waals surface area contributed by atoms with Crippen LogP contribution >= 0.6 is 0 Å². The Morgan fingerprint density at radius 1 is 1.04 bits per heavy atom. The number of carbonyl (C=O) groups excluding carboxylic acids is 2. The molecule has 0 saturated heterocycles. The Morgan fingerprint density at radius 2 is 1.61 bits per heavy atom. The summed E-state index contributed by atoms with van der Waals surface area (Å²) >= 11 is 0. The van der Waals surface area contributed by atoms with E-state index >= 15 is 0 Å². The van der Waals surface area contributed by atoms with Gasteiger partial charge in [0.1, 0.15) is 0 Å². The highest BCUT2D eigenvalue weighted by atomic mass is 16.6. The number of carbonyl (C=O) groups is 2. The second-order valence-corrected chi connectivity index (χ2v) is 5.80. The quantitative estimate of drug-likeness (QED) is 0.440. The molecule has 0 spiro atoms. The van der Waals surface area contributed by atoms with Crippen molar-refractivity contribution in [3.8, 4) is 11.5 Å². The highest BCUT2D eigenvalue weighted by molar-refractivity contribution is 6.03. The maximum atomic E-state index is 12.7. The molecule has 1 amide bonds. The SMILES string of the molecule is COC(=O)c1cc(OC)c(OC)cc1NC(=O)[C@H](C)c1ccc([N+](=O)[O-])cc1. The molecule has 148 valence electrons. The van der Waals surface area contributed by atoms with E-state index in [-0.39, 0.29) is 16.9 Å². The fourth-order valence-corrected chi connectivity index (χ4v) is 2.54. The van der Waals surface area contributed by atoms with Gasteiger partial charge in [0.2, 0.25) is 5.91 Å². The van der Waals surface area contributed by atoms with Crippen LogP contribution in [-0.2, 0) is 9.53 Å². The lowest BCUT2D eigenvalue weighted by atomic mass is 9.99. The smallest absolute Gasteiger partial charge is 0.340 e. The Hall–Kier alpha value is -3.62. The molecular weight excluding hydrogens is 368 g/mol. The lowest BCUT2D eigenvalue weighted by Crippen LogP contribution is -2.21. The molecule has 9 nitrogen and oxygen atoms in total. The van der Waals surface area contributed by atoms with Gasteiger partial charge in [-0.3, -0.25) is 14.9 Å². The number of methoxy groups -OCH3 is 3. The van der Waals surface area contributed by atoms with Crippen LogP contribution in [0.3, 0.4) is 0 Å². The first-order valence-electron chi connectivity index (χ1n) is 8.21. The van der Waals surface area contributed by atoms with Crippen molar-refractivity contribution in [2.45, 2.75) is 12.8 Å². The van der Waals surface area contributed by atoms with Crippen LogP contribution in [0.2, 0.25) is 0 Å². The summed E-state index contributed by atoms with van der Waals surface area (Å²) in [6.45, 7) is 1.65. The summed E-state index contributed by atoms with van der Waals surface area (Å²) in [5.41, 5.74) is 0.820. The number of hydrogen-bond acceptors (Lipinski definition) is 7.